The fourth-order valence-corrected chi connectivity index (χ4v) is 3.58. The van der Waals surface area contributed by atoms with Gasteiger partial charge in [-0.25, -0.2) is 4.79 Å². The van der Waals surface area contributed by atoms with Crippen LogP contribution in [0.3, 0.4) is 0 Å². The van der Waals surface area contributed by atoms with Crippen LogP contribution in [0.5, 0.6) is 5.75 Å². The molecule has 9 nitrogen and oxygen atoms in total. The maximum Gasteiger partial charge on any atom is 0.413 e. The highest BCUT2D eigenvalue weighted by atomic mass is 16.6. The molecule has 9 heteroatoms. The highest BCUT2D eigenvalue weighted by Gasteiger charge is 2.25. The quantitative estimate of drug-likeness (QED) is 0.273. The zero-order chi connectivity index (χ0) is 24.1. The van der Waals surface area contributed by atoms with E-state index < -0.39 is 23.0 Å². The van der Waals surface area contributed by atoms with Gasteiger partial charge in [0.15, 0.2) is 0 Å². The lowest BCUT2D eigenvalue weighted by atomic mass is 10.0. The molecule has 0 spiro atoms. The van der Waals surface area contributed by atoms with E-state index in [1.54, 1.807) is 49.5 Å². The minimum atomic E-state index is -1.01. The first-order valence-electron chi connectivity index (χ1n) is 10.5. The van der Waals surface area contributed by atoms with Crippen LogP contribution in [0, 0.1) is 17.0 Å². The average Bonchev–Trinajstić information content (AvgIpc) is 3.23. The Balaban J connectivity index is 1.58. The molecule has 0 saturated carbocycles. The largest absolute Gasteiger partial charge is 0.413 e. The van der Waals surface area contributed by atoms with Gasteiger partial charge in [-0.1, -0.05) is 42.5 Å². The number of nitrogens with one attached hydrogen (secondary N) is 3. The monoisotopic (exact) mass is 458 g/mol. The number of para-hydroxylation sites is 2. The van der Waals surface area contributed by atoms with Crippen LogP contribution in [0.4, 0.5) is 16.2 Å². The number of non-ortho nitro benzene ring substituents is 1. The van der Waals surface area contributed by atoms with Crippen LogP contribution in [0.2, 0.25) is 0 Å². The molecular weight excluding hydrogens is 436 g/mol. The summed E-state index contributed by atoms with van der Waals surface area (Å²) in [6, 6.07) is 19.3. The van der Waals surface area contributed by atoms with Gasteiger partial charge in [-0.2, -0.15) is 0 Å². The standard InChI is InChI=1S/C25H22N4O5/c1-16-11-12-18(29(32)33)14-22(16)27-24(30)23(28-25(31)34-19-7-3-2-4-8-19)13-17-15-26-21-10-6-5-9-20(17)21/h2-12,14-15,23,26H,13H2,1H3,(H,27,30)(H,28,31). The second kappa shape index (κ2) is 9.86. The molecule has 172 valence electrons. The summed E-state index contributed by atoms with van der Waals surface area (Å²) in [6.45, 7) is 1.73. The van der Waals surface area contributed by atoms with E-state index in [0.29, 0.717) is 17.0 Å². The van der Waals surface area contributed by atoms with E-state index in [1.165, 1.54) is 12.1 Å². The topological polar surface area (TPSA) is 126 Å². The fraction of sp³-hybridized carbons (Fsp3) is 0.120. The minimum Gasteiger partial charge on any atom is -0.410 e. The first kappa shape index (κ1) is 22.5. The number of aryl methyl sites for hydroxylation is 1. The van der Waals surface area contributed by atoms with Crippen molar-refractivity contribution in [3.05, 3.63) is 100 Å². The van der Waals surface area contributed by atoms with Crippen LogP contribution in [0.1, 0.15) is 11.1 Å². The second-order valence-electron chi connectivity index (χ2n) is 7.71. The number of aromatic amines is 1. The van der Waals surface area contributed by atoms with E-state index >= 15 is 0 Å². The van der Waals surface area contributed by atoms with Crippen molar-refractivity contribution in [1.29, 1.82) is 0 Å². The summed E-state index contributed by atoms with van der Waals surface area (Å²) < 4.78 is 5.30. The van der Waals surface area contributed by atoms with E-state index in [-0.39, 0.29) is 12.1 Å². The van der Waals surface area contributed by atoms with E-state index in [0.717, 1.165) is 16.5 Å². The molecule has 0 aliphatic carbocycles. The number of fused-ring (bicyclic) bond motifs is 1. The molecule has 3 aromatic carbocycles. The van der Waals surface area contributed by atoms with Gasteiger partial charge in [-0.3, -0.25) is 14.9 Å². The molecule has 0 bridgehead atoms. The van der Waals surface area contributed by atoms with E-state index in [9.17, 15) is 19.7 Å². The Bertz CT molecular complexity index is 1350. The van der Waals surface area contributed by atoms with E-state index in [4.69, 9.17) is 4.74 Å². The van der Waals surface area contributed by atoms with Crippen molar-refractivity contribution in [3.8, 4) is 5.75 Å². The number of carbonyl (C=O) groups excluding carboxylic acids is 2. The molecule has 4 rings (SSSR count). The molecule has 1 atom stereocenters. The van der Waals surface area contributed by atoms with Gasteiger partial charge in [0.1, 0.15) is 11.8 Å². The number of ether oxygens (including phenoxy) is 1. The van der Waals surface area contributed by atoms with Gasteiger partial charge in [-0.05, 0) is 36.2 Å². The zero-order valence-electron chi connectivity index (χ0n) is 18.3. The third-order valence-corrected chi connectivity index (χ3v) is 5.35. The normalized spacial score (nSPS) is 11.6. The summed E-state index contributed by atoms with van der Waals surface area (Å²) in [6.07, 6.45) is 1.17. The molecule has 1 heterocycles. The van der Waals surface area contributed by atoms with Crippen molar-refractivity contribution >= 4 is 34.3 Å². The lowest BCUT2D eigenvalue weighted by Gasteiger charge is -2.19. The number of nitrogens with zero attached hydrogens (tertiary/aromatic N) is 1. The number of rotatable bonds is 7. The molecule has 0 radical (unpaired) electrons. The van der Waals surface area contributed by atoms with E-state index in [1.807, 2.05) is 24.3 Å². The third kappa shape index (κ3) is 5.21. The van der Waals surface area contributed by atoms with Gasteiger partial charge in [0.25, 0.3) is 5.69 Å². The molecular formula is C25H22N4O5. The molecule has 34 heavy (non-hydrogen) atoms. The number of amides is 2. The van der Waals surface area contributed by atoms with Crippen molar-refractivity contribution in [2.75, 3.05) is 5.32 Å². The molecule has 0 saturated heterocycles. The van der Waals surface area contributed by atoms with Crippen LogP contribution < -0.4 is 15.4 Å². The average molecular weight is 458 g/mol. The SMILES string of the molecule is Cc1ccc([N+](=O)[O-])cc1NC(=O)C(Cc1c[nH]c2ccccc12)NC(=O)Oc1ccccc1. The van der Waals surface area contributed by atoms with Gasteiger partial charge in [0, 0.05) is 35.7 Å². The molecule has 0 aliphatic heterocycles. The highest BCUT2D eigenvalue weighted by Crippen LogP contribution is 2.23. The first-order chi connectivity index (χ1) is 16.4. The Morgan fingerprint density at radius 2 is 1.79 bits per heavy atom. The lowest BCUT2D eigenvalue weighted by Crippen LogP contribution is -2.46. The second-order valence-corrected chi connectivity index (χ2v) is 7.71. The Hall–Kier alpha value is -4.66. The summed E-state index contributed by atoms with van der Waals surface area (Å²) in [5.74, 6) is -0.195. The summed E-state index contributed by atoms with van der Waals surface area (Å²) in [4.78, 5) is 39.6. The van der Waals surface area contributed by atoms with Crippen LogP contribution >= 0.6 is 0 Å². The van der Waals surface area contributed by atoms with Crippen molar-refractivity contribution in [3.63, 3.8) is 0 Å². The smallest absolute Gasteiger partial charge is 0.410 e. The summed E-state index contributed by atoms with van der Waals surface area (Å²) >= 11 is 0. The van der Waals surface area contributed by atoms with Crippen molar-refractivity contribution in [1.82, 2.24) is 10.3 Å². The number of nitro benzene ring substituents is 1. The predicted molar refractivity (Wildman–Crippen MR) is 128 cm³/mol. The van der Waals surface area contributed by atoms with Crippen molar-refractivity contribution in [2.45, 2.75) is 19.4 Å². The summed E-state index contributed by atoms with van der Waals surface area (Å²) in [5.41, 5.74) is 2.52. The first-order valence-corrected chi connectivity index (χ1v) is 10.5. The fourth-order valence-electron chi connectivity index (χ4n) is 3.58. The van der Waals surface area contributed by atoms with Crippen LogP contribution in [-0.4, -0.2) is 27.9 Å². The molecule has 4 aromatic rings. The number of anilines is 1. The van der Waals surface area contributed by atoms with Gasteiger partial charge in [0.05, 0.1) is 10.6 Å². The van der Waals surface area contributed by atoms with Gasteiger partial charge in [0.2, 0.25) is 5.91 Å². The van der Waals surface area contributed by atoms with Crippen LogP contribution in [0.15, 0.2) is 79.0 Å². The number of hydrogen-bond acceptors (Lipinski definition) is 5. The molecule has 0 aliphatic rings. The number of carbonyl (C=O) groups is 2. The van der Waals surface area contributed by atoms with Gasteiger partial charge in [-0.15, -0.1) is 0 Å². The Labute approximate surface area is 194 Å². The molecule has 1 aromatic heterocycles. The summed E-state index contributed by atoms with van der Waals surface area (Å²) in [7, 11) is 0. The Kier molecular flexibility index (Phi) is 6.54. The number of H-pyrrole nitrogens is 1. The highest BCUT2D eigenvalue weighted by molar-refractivity contribution is 5.98. The van der Waals surface area contributed by atoms with Crippen molar-refractivity contribution < 1.29 is 19.2 Å². The Morgan fingerprint density at radius 1 is 1.06 bits per heavy atom. The maximum absolute atomic E-state index is 13.2. The number of hydrogen-bond donors (Lipinski definition) is 3. The molecule has 2 amide bonds. The Morgan fingerprint density at radius 3 is 2.56 bits per heavy atom. The summed E-state index contributed by atoms with van der Waals surface area (Å²) in [5, 5.41) is 17.4. The predicted octanol–water partition coefficient (Wildman–Crippen LogP) is 4.72. The third-order valence-electron chi connectivity index (χ3n) is 5.35. The van der Waals surface area contributed by atoms with Gasteiger partial charge >= 0.3 is 6.09 Å². The minimum absolute atomic E-state index is 0.148. The van der Waals surface area contributed by atoms with Crippen LogP contribution in [0.25, 0.3) is 10.9 Å². The molecule has 3 N–H and O–H groups in total. The van der Waals surface area contributed by atoms with Crippen molar-refractivity contribution in [2.24, 2.45) is 0 Å². The lowest BCUT2D eigenvalue weighted by molar-refractivity contribution is -0.384. The zero-order valence-corrected chi connectivity index (χ0v) is 18.3. The van der Waals surface area contributed by atoms with E-state index in [2.05, 4.69) is 15.6 Å². The molecule has 0 fully saturated rings. The number of nitro groups is 1. The number of aromatic nitrogens is 1. The maximum atomic E-state index is 13.2. The molecule has 1 unspecified atom stereocenters. The number of benzene rings is 3. The van der Waals surface area contributed by atoms with Crippen LogP contribution in [-0.2, 0) is 11.2 Å². The van der Waals surface area contributed by atoms with Gasteiger partial charge < -0.3 is 20.4 Å².